The summed E-state index contributed by atoms with van der Waals surface area (Å²) < 4.78 is 0. The lowest BCUT2D eigenvalue weighted by atomic mass is 10.1. The zero-order chi connectivity index (χ0) is 14.5. The highest BCUT2D eigenvalue weighted by Gasteiger charge is 2.11. The number of carbonyl (C=O) groups is 1. The van der Waals surface area contributed by atoms with Crippen LogP contribution in [0.3, 0.4) is 0 Å². The molecule has 2 N–H and O–H groups in total. The summed E-state index contributed by atoms with van der Waals surface area (Å²) in [5.74, 6) is -0.316. The van der Waals surface area contributed by atoms with Gasteiger partial charge in [0.05, 0.1) is 5.56 Å². The molecule has 0 bridgehead atoms. The number of aromatic hydroxyl groups is 1. The Hall–Kier alpha value is -1.81. The summed E-state index contributed by atoms with van der Waals surface area (Å²) >= 11 is 3.39. The normalized spacial score (nSPS) is 10.3. The highest BCUT2D eigenvalue weighted by Crippen LogP contribution is 2.20. The van der Waals surface area contributed by atoms with Gasteiger partial charge < -0.3 is 10.4 Å². The summed E-state index contributed by atoms with van der Waals surface area (Å²) in [6.07, 6.45) is 0.951. The molecule has 0 heterocycles. The molecule has 0 aliphatic rings. The van der Waals surface area contributed by atoms with Crippen molar-refractivity contribution in [1.29, 1.82) is 0 Å². The fourth-order valence-corrected chi connectivity index (χ4v) is 2.35. The van der Waals surface area contributed by atoms with E-state index in [2.05, 4.69) is 21.2 Å². The van der Waals surface area contributed by atoms with Crippen LogP contribution in [-0.4, -0.2) is 16.3 Å². The van der Waals surface area contributed by atoms with Crippen LogP contribution in [0.2, 0.25) is 0 Å². The van der Waals surface area contributed by atoms with Gasteiger partial charge in [0.1, 0.15) is 5.75 Å². The van der Waals surface area contributed by atoms with E-state index in [4.69, 9.17) is 0 Å². The summed E-state index contributed by atoms with van der Waals surface area (Å²) in [6.45, 7) is 1.88. The fraction of sp³-hybridized carbons (Fsp3) is 0.188. The Morgan fingerprint density at radius 1 is 1.20 bits per heavy atom. The lowest BCUT2D eigenvalue weighted by molar-refractivity contribution is 0.102. The molecule has 0 unspecified atom stereocenters. The summed E-state index contributed by atoms with van der Waals surface area (Å²) in [5.41, 5.74) is 3.14. The van der Waals surface area contributed by atoms with E-state index < -0.39 is 0 Å². The topological polar surface area (TPSA) is 49.3 Å². The minimum atomic E-state index is -0.306. The third kappa shape index (κ3) is 3.61. The smallest absolute Gasteiger partial charge is 0.259 e. The molecule has 0 spiro atoms. The molecule has 20 heavy (non-hydrogen) atoms. The molecule has 0 aromatic heterocycles. The van der Waals surface area contributed by atoms with E-state index in [0.29, 0.717) is 5.69 Å². The standard InChI is InChI=1S/C16H16BrNO2/c1-11-2-7-15(19)14(10-11)16(20)18-13-5-3-12(4-6-13)8-9-17/h2-7,10,19H,8-9H2,1H3,(H,18,20). The zero-order valence-corrected chi connectivity index (χ0v) is 12.8. The van der Waals surface area contributed by atoms with Crippen LogP contribution >= 0.6 is 15.9 Å². The van der Waals surface area contributed by atoms with Crippen LogP contribution in [0.5, 0.6) is 5.75 Å². The van der Waals surface area contributed by atoms with Crippen molar-refractivity contribution in [3.8, 4) is 5.75 Å². The number of aryl methyl sites for hydroxylation is 2. The first-order valence-corrected chi connectivity index (χ1v) is 7.48. The van der Waals surface area contributed by atoms with Gasteiger partial charge >= 0.3 is 0 Å². The maximum absolute atomic E-state index is 12.1. The van der Waals surface area contributed by atoms with Crippen molar-refractivity contribution in [2.45, 2.75) is 13.3 Å². The van der Waals surface area contributed by atoms with Crippen LogP contribution in [0.4, 0.5) is 5.69 Å². The average molecular weight is 334 g/mol. The molecule has 1 amide bonds. The van der Waals surface area contributed by atoms with Crippen LogP contribution in [0.15, 0.2) is 42.5 Å². The number of anilines is 1. The summed E-state index contributed by atoms with van der Waals surface area (Å²) in [7, 11) is 0. The minimum Gasteiger partial charge on any atom is -0.507 e. The number of phenols is 1. The van der Waals surface area contributed by atoms with E-state index in [1.807, 2.05) is 31.2 Å². The molecule has 2 aromatic rings. The monoisotopic (exact) mass is 333 g/mol. The number of nitrogens with one attached hydrogen (secondary N) is 1. The lowest BCUT2D eigenvalue weighted by Gasteiger charge is -2.08. The van der Waals surface area contributed by atoms with Crippen molar-refractivity contribution >= 4 is 27.5 Å². The van der Waals surface area contributed by atoms with Gasteiger partial charge in [0, 0.05) is 11.0 Å². The molecule has 0 aliphatic heterocycles. The zero-order valence-electron chi connectivity index (χ0n) is 11.2. The van der Waals surface area contributed by atoms with E-state index in [1.165, 1.54) is 11.6 Å². The molecule has 104 valence electrons. The Labute approximate surface area is 126 Å². The number of rotatable bonds is 4. The lowest BCUT2D eigenvalue weighted by Crippen LogP contribution is -2.12. The molecular weight excluding hydrogens is 318 g/mol. The van der Waals surface area contributed by atoms with Gasteiger partial charge in [0.25, 0.3) is 5.91 Å². The van der Waals surface area contributed by atoms with Crippen LogP contribution in [-0.2, 0) is 6.42 Å². The number of halogens is 1. The van der Waals surface area contributed by atoms with E-state index in [-0.39, 0.29) is 17.2 Å². The van der Waals surface area contributed by atoms with Crippen molar-refractivity contribution in [1.82, 2.24) is 0 Å². The van der Waals surface area contributed by atoms with Crippen molar-refractivity contribution in [3.63, 3.8) is 0 Å². The van der Waals surface area contributed by atoms with Crippen molar-refractivity contribution in [2.75, 3.05) is 10.6 Å². The molecule has 2 rings (SSSR count). The van der Waals surface area contributed by atoms with Crippen LogP contribution < -0.4 is 5.32 Å². The van der Waals surface area contributed by atoms with Gasteiger partial charge in [-0.3, -0.25) is 4.79 Å². The second kappa shape index (κ2) is 6.57. The summed E-state index contributed by atoms with van der Waals surface area (Å²) in [4.78, 5) is 12.1. The molecule has 0 saturated carbocycles. The van der Waals surface area contributed by atoms with E-state index in [0.717, 1.165) is 17.3 Å². The Balaban J connectivity index is 2.13. The van der Waals surface area contributed by atoms with E-state index in [9.17, 15) is 9.90 Å². The highest BCUT2D eigenvalue weighted by molar-refractivity contribution is 9.09. The van der Waals surface area contributed by atoms with Crippen LogP contribution in [0.25, 0.3) is 0 Å². The Bertz CT molecular complexity index is 608. The van der Waals surface area contributed by atoms with Crippen molar-refractivity contribution in [3.05, 3.63) is 59.2 Å². The minimum absolute atomic E-state index is 0.0102. The summed E-state index contributed by atoms with van der Waals surface area (Å²) in [6, 6.07) is 12.7. The van der Waals surface area contributed by atoms with Gasteiger partial charge in [-0.25, -0.2) is 0 Å². The highest BCUT2D eigenvalue weighted by atomic mass is 79.9. The predicted octanol–water partition coefficient (Wildman–Crippen LogP) is 3.89. The molecule has 0 atom stereocenters. The first-order chi connectivity index (χ1) is 9.60. The average Bonchev–Trinajstić information content (AvgIpc) is 2.44. The molecular formula is C16H16BrNO2. The summed E-state index contributed by atoms with van der Waals surface area (Å²) in [5, 5.41) is 13.4. The Morgan fingerprint density at radius 3 is 2.55 bits per heavy atom. The first kappa shape index (κ1) is 14.6. The number of benzene rings is 2. The van der Waals surface area contributed by atoms with Gasteiger partial charge in [0.2, 0.25) is 0 Å². The third-order valence-corrected chi connectivity index (χ3v) is 3.39. The molecule has 0 aliphatic carbocycles. The van der Waals surface area contributed by atoms with Crippen molar-refractivity contribution in [2.24, 2.45) is 0 Å². The maximum Gasteiger partial charge on any atom is 0.259 e. The molecule has 4 heteroatoms. The number of hydrogen-bond donors (Lipinski definition) is 2. The third-order valence-electron chi connectivity index (χ3n) is 2.99. The molecule has 2 aromatic carbocycles. The second-order valence-electron chi connectivity index (χ2n) is 4.61. The van der Waals surface area contributed by atoms with Gasteiger partial charge in [-0.1, -0.05) is 39.7 Å². The van der Waals surface area contributed by atoms with Crippen LogP contribution in [0.1, 0.15) is 21.5 Å². The van der Waals surface area contributed by atoms with Gasteiger partial charge in [-0.05, 0) is 43.2 Å². The van der Waals surface area contributed by atoms with Gasteiger partial charge in [-0.2, -0.15) is 0 Å². The molecule has 0 radical (unpaired) electrons. The Kier molecular flexibility index (Phi) is 4.79. The Morgan fingerprint density at radius 2 is 1.90 bits per heavy atom. The number of phenolic OH excluding ortho intramolecular Hbond substituents is 1. The number of carbonyl (C=O) groups excluding carboxylic acids is 1. The number of amides is 1. The maximum atomic E-state index is 12.1. The number of alkyl halides is 1. The predicted molar refractivity (Wildman–Crippen MR) is 84.7 cm³/mol. The molecule has 3 nitrogen and oxygen atoms in total. The first-order valence-electron chi connectivity index (χ1n) is 6.36. The molecule has 0 fully saturated rings. The fourth-order valence-electron chi connectivity index (χ4n) is 1.89. The van der Waals surface area contributed by atoms with Gasteiger partial charge in [-0.15, -0.1) is 0 Å². The van der Waals surface area contributed by atoms with Crippen LogP contribution in [0, 0.1) is 6.92 Å². The van der Waals surface area contributed by atoms with Crippen molar-refractivity contribution < 1.29 is 9.90 Å². The molecule has 0 saturated heterocycles. The number of hydrogen-bond acceptors (Lipinski definition) is 2. The van der Waals surface area contributed by atoms with Gasteiger partial charge in [0.15, 0.2) is 0 Å². The SMILES string of the molecule is Cc1ccc(O)c(C(=O)Nc2ccc(CCBr)cc2)c1. The van der Waals surface area contributed by atoms with E-state index in [1.54, 1.807) is 12.1 Å². The second-order valence-corrected chi connectivity index (χ2v) is 5.40. The largest absolute Gasteiger partial charge is 0.507 e. The van der Waals surface area contributed by atoms with E-state index >= 15 is 0 Å². The quantitative estimate of drug-likeness (QED) is 0.834.